The first kappa shape index (κ1) is 26.3. The number of rotatable bonds is 7. The molecule has 0 unspecified atom stereocenters. The number of hydrogen-bond acceptors (Lipinski definition) is 5. The van der Waals surface area contributed by atoms with Gasteiger partial charge in [0.15, 0.2) is 11.9 Å². The molecule has 0 radical (unpaired) electrons. The minimum atomic E-state index is -0.164. The fraction of sp³-hybridized carbons (Fsp3) is 0.815. The van der Waals surface area contributed by atoms with Gasteiger partial charge in [-0.1, -0.05) is 13.8 Å². The SMILES string of the molecule is C[C@]12CC[C@H](O)C[C@@H]1CC[C@@H]1[C@@H]2[C@H](NC(CN=C(N)N)CN=C(N)N)C[C@]2(C)[C@@H](c3cnc[nH]3)CC[C@@H]12. The van der Waals surface area contributed by atoms with Gasteiger partial charge in [0.2, 0.25) is 0 Å². The molecule has 4 aliphatic carbocycles. The smallest absolute Gasteiger partial charge is 0.185 e. The molecule has 9 atom stereocenters. The van der Waals surface area contributed by atoms with E-state index in [1.807, 2.05) is 12.5 Å². The van der Waals surface area contributed by atoms with Crippen molar-refractivity contribution in [3.63, 3.8) is 0 Å². The molecule has 11 N–H and O–H groups in total. The number of aromatic amines is 1. The predicted octanol–water partition coefficient (Wildman–Crippen LogP) is 1.38. The number of H-pyrrole nitrogens is 1. The van der Waals surface area contributed by atoms with Gasteiger partial charge in [-0.25, -0.2) is 4.98 Å². The molecule has 4 fully saturated rings. The minimum absolute atomic E-state index is 0.0693. The van der Waals surface area contributed by atoms with Gasteiger partial charge in [-0.2, -0.15) is 0 Å². The Balaban J connectivity index is 1.51. The summed E-state index contributed by atoms with van der Waals surface area (Å²) in [5.74, 6) is 3.04. The summed E-state index contributed by atoms with van der Waals surface area (Å²) >= 11 is 0. The molecule has 0 spiro atoms. The molecule has 0 aliphatic heterocycles. The summed E-state index contributed by atoms with van der Waals surface area (Å²) in [6, 6.07) is 0.214. The largest absolute Gasteiger partial charge is 0.393 e. The van der Waals surface area contributed by atoms with E-state index in [1.54, 1.807) is 0 Å². The summed E-state index contributed by atoms with van der Waals surface area (Å²) in [7, 11) is 0. The van der Waals surface area contributed by atoms with Gasteiger partial charge in [0, 0.05) is 29.9 Å². The Hall–Kier alpha value is -2.33. The van der Waals surface area contributed by atoms with Gasteiger partial charge >= 0.3 is 0 Å². The van der Waals surface area contributed by atoms with Crippen LogP contribution in [0.2, 0.25) is 0 Å². The highest BCUT2D eigenvalue weighted by atomic mass is 16.3. The number of aliphatic imine (C=N–C) groups is 2. The van der Waals surface area contributed by atoms with Crippen molar-refractivity contribution in [3.05, 3.63) is 18.2 Å². The molecular formula is C27H47N9O. The molecule has 4 saturated carbocycles. The highest BCUT2D eigenvalue weighted by Crippen LogP contribution is 2.68. The maximum atomic E-state index is 10.5. The van der Waals surface area contributed by atoms with Crippen LogP contribution in [-0.2, 0) is 0 Å². The van der Waals surface area contributed by atoms with E-state index in [0.29, 0.717) is 42.7 Å². The van der Waals surface area contributed by atoms with E-state index in [1.165, 1.54) is 31.4 Å². The first-order valence-corrected chi connectivity index (χ1v) is 14.1. The van der Waals surface area contributed by atoms with Crippen molar-refractivity contribution in [1.82, 2.24) is 15.3 Å². The normalized spacial score (nSPS) is 40.9. The summed E-state index contributed by atoms with van der Waals surface area (Å²) in [6.07, 6.45) is 12.6. The van der Waals surface area contributed by atoms with Crippen LogP contribution in [0.3, 0.4) is 0 Å². The molecule has 5 rings (SSSR count). The summed E-state index contributed by atoms with van der Waals surface area (Å²) in [5.41, 5.74) is 24.4. The number of nitrogens with two attached hydrogens (primary N) is 4. The molecule has 10 nitrogen and oxygen atoms in total. The van der Waals surface area contributed by atoms with Gasteiger partial charge in [-0.15, -0.1) is 0 Å². The van der Waals surface area contributed by atoms with Crippen LogP contribution in [0, 0.1) is 34.5 Å². The number of guanidine groups is 2. The molecule has 0 bridgehead atoms. The first-order chi connectivity index (χ1) is 17.6. The molecule has 4 aliphatic rings. The number of nitrogens with one attached hydrogen (secondary N) is 2. The average molecular weight is 514 g/mol. The van der Waals surface area contributed by atoms with Crippen molar-refractivity contribution in [2.45, 2.75) is 89.3 Å². The molecule has 10 heteroatoms. The van der Waals surface area contributed by atoms with Crippen LogP contribution in [0.4, 0.5) is 0 Å². The quantitative estimate of drug-likeness (QED) is 0.211. The number of aliphatic hydroxyl groups excluding tert-OH is 1. The molecule has 0 amide bonds. The number of aromatic nitrogens is 2. The lowest BCUT2D eigenvalue weighted by molar-refractivity contribution is -0.138. The standard InChI is InChI=1S/C27H47N9O/c1-26-8-7-17(37)9-15(26)3-4-18-19-5-6-20(22-13-32-14-35-22)27(19,2)10-21(23(18)26)36-16(11-33-24(28)29)12-34-25(30)31/h13-21,23,36-37H,3-12H2,1-2H3,(H,32,35)(H4,28,29,33)(H4,30,31,34)/t15-,17-,18-,19-,20+,21+,23+,26-,27-/m0/s1. The lowest BCUT2D eigenvalue weighted by atomic mass is 9.43. The van der Waals surface area contributed by atoms with Gasteiger partial charge in [0.25, 0.3) is 0 Å². The number of hydrogen-bond donors (Lipinski definition) is 7. The van der Waals surface area contributed by atoms with Crippen LogP contribution in [0.25, 0.3) is 0 Å². The van der Waals surface area contributed by atoms with E-state index in [0.717, 1.165) is 25.7 Å². The highest BCUT2D eigenvalue weighted by molar-refractivity contribution is 5.76. The van der Waals surface area contributed by atoms with E-state index in [-0.39, 0.29) is 40.9 Å². The van der Waals surface area contributed by atoms with Gasteiger partial charge in [0.1, 0.15) is 0 Å². The molecule has 1 heterocycles. The second-order valence-corrected chi connectivity index (χ2v) is 12.9. The zero-order valence-corrected chi connectivity index (χ0v) is 22.4. The summed E-state index contributed by atoms with van der Waals surface area (Å²) in [5, 5.41) is 14.6. The third-order valence-corrected chi connectivity index (χ3v) is 10.9. The van der Waals surface area contributed by atoms with E-state index in [9.17, 15) is 5.11 Å². The van der Waals surface area contributed by atoms with Crippen molar-refractivity contribution in [2.24, 2.45) is 67.4 Å². The Morgan fingerprint density at radius 1 is 1.08 bits per heavy atom. The molecular weight excluding hydrogens is 466 g/mol. The van der Waals surface area contributed by atoms with Gasteiger partial charge in [-0.05, 0) is 85.9 Å². The Kier molecular flexibility index (Phi) is 7.17. The zero-order chi connectivity index (χ0) is 26.4. The molecule has 37 heavy (non-hydrogen) atoms. The number of fused-ring (bicyclic) bond motifs is 5. The molecule has 0 saturated heterocycles. The molecule has 0 aromatic carbocycles. The molecule has 1 aromatic heterocycles. The third kappa shape index (κ3) is 4.82. The van der Waals surface area contributed by atoms with Crippen molar-refractivity contribution in [2.75, 3.05) is 13.1 Å². The summed E-state index contributed by atoms with van der Waals surface area (Å²) in [6.45, 7) is 5.88. The first-order valence-electron chi connectivity index (χ1n) is 14.1. The van der Waals surface area contributed by atoms with Crippen LogP contribution in [0.1, 0.15) is 76.8 Å². The second-order valence-electron chi connectivity index (χ2n) is 12.9. The summed E-state index contributed by atoms with van der Waals surface area (Å²) in [4.78, 5) is 16.5. The Labute approximate surface area is 220 Å². The molecule has 206 valence electrons. The maximum absolute atomic E-state index is 10.5. The number of nitrogens with zero attached hydrogens (tertiary/aromatic N) is 3. The van der Waals surface area contributed by atoms with E-state index in [2.05, 4.69) is 39.1 Å². The van der Waals surface area contributed by atoms with Crippen molar-refractivity contribution >= 4 is 11.9 Å². The number of aliphatic hydroxyl groups is 1. The van der Waals surface area contributed by atoms with Crippen LogP contribution >= 0.6 is 0 Å². The highest BCUT2D eigenvalue weighted by Gasteiger charge is 2.63. The third-order valence-electron chi connectivity index (χ3n) is 10.9. The van der Waals surface area contributed by atoms with Crippen LogP contribution < -0.4 is 28.3 Å². The lowest BCUT2D eigenvalue weighted by Crippen LogP contribution is -2.63. The number of imidazole rings is 1. The zero-order valence-electron chi connectivity index (χ0n) is 22.4. The van der Waals surface area contributed by atoms with E-state index < -0.39 is 0 Å². The lowest BCUT2D eigenvalue weighted by Gasteiger charge is -2.63. The monoisotopic (exact) mass is 513 g/mol. The van der Waals surface area contributed by atoms with Crippen LogP contribution in [-0.4, -0.2) is 58.3 Å². The Bertz CT molecular complexity index is 968. The maximum Gasteiger partial charge on any atom is 0.185 e. The minimum Gasteiger partial charge on any atom is -0.393 e. The van der Waals surface area contributed by atoms with Gasteiger partial charge < -0.3 is 38.3 Å². The van der Waals surface area contributed by atoms with E-state index >= 15 is 0 Å². The van der Waals surface area contributed by atoms with Crippen LogP contribution in [0.5, 0.6) is 0 Å². The fourth-order valence-corrected chi connectivity index (χ4v) is 9.44. The summed E-state index contributed by atoms with van der Waals surface area (Å²) < 4.78 is 0. The molecule has 1 aromatic rings. The Morgan fingerprint density at radius 3 is 2.46 bits per heavy atom. The van der Waals surface area contributed by atoms with Crippen LogP contribution in [0.15, 0.2) is 22.5 Å². The van der Waals surface area contributed by atoms with Crippen molar-refractivity contribution in [1.29, 1.82) is 0 Å². The average Bonchev–Trinajstić information content (AvgIpc) is 3.48. The van der Waals surface area contributed by atoms with Gasteiger partial charge in [0.05, 0.1) is 25.5 Å². The Morgan fingerprint density at radius 2 is 1.81 bits per heavy atom. The van der Waals surface area contributed by atoms with E-state index in [4.69, 9.17) is 22.9 Å². The topological polar surface area (TPSA) is 190 Å². The predicted molar refractivity (Wildman–Crippen MR) is 147 cm³/mol. The second kappa shape index (κ2) is 10.1. The van der Waals surface area contributed by atoms with Crippen molar-refractivity contribution in [3.8, 4) is 0 Å². The fourth-order valence-electron chi connectivity index (χ4n) is 9.44. The van der Waals surface area contributed by atoms with Gasteiger partial charge in [-0.3, -0.25) is 9.98 Å². The van der Waals surface area contributed by atoms with Crippen molar-refractivity contribution < 1.29 is 5.11 Å².